The van der Waals surface area contributed by atoms with Crippen LogP contribution in [0, 0.1) is 0 Å². The Bertz CT molecular complexity index is 383. The average Bonchev–Trinajstić information content (AvgIpc) is 2.14. The van der Waals surface area contributed by atoms with Crippen molar-refractivity contribution in [3.63, 3.8) is 0 Å². The van der Waals surface area contributed by atoms with Gasteiger partial charge in [-0.2, -0.15) is 0 Å². The molecule has 1 aromatic rings. The highest BCUT2D eigenvalue weighted by atomic mass is 16.4. The van der Waals surface area contributed by atoms with Crippen molar-refractivity contribution in [2.75, 3.05) is 0 Å². The number of carbonyl (C=O) groups excluding carboxylic acids is 1. The van der Waals surface area contributed by atoms with Gasteiger partial charge in [0, 0.05) is 5.54 Å². The van der Waals surface area contributed by atoms with Crippen LogP contribution in [-0.4, -0.2) is 22.6 Å². The number of rotatable bonds is 2. The largest absolute Gasteiger partial charge is 0.465 e. The summed E-state index contributed by atoms with van der Waals surface area (Å²) in [6.07, 6.45) is -0.640. The maximum atomic E-state index is 10.4. The number of benzene rings is 1. The summed E-state index contributed by atoms with van der Waals surface area (Å²) in [5.41, 5.74) is 5.63. The smallest absolute Gasteiger partial charge is 0.405 e. The van der Waals surface area contributed by atoms with Crippen LogP contribution in [-0.2, 0) is 11.2 Å². The molecular weight excluding hydrogens is 232 g/mol. The molecule has 0 aliphatic carbocycles. The standard InChI is InChI=1S/C8H9NO.C5H11NO2/c9-8(10)6-7-4-2-1-3-5-7;1-5(2,3)6-4(7)8/h1-5H,6H2,(H2,9,10);6H,1-3H3,(H,7,8). The van der Waals surface area contributed by atoms with Crippen LogP contribution in [0.15, 0.2) is 30.3 Å². The first-order valence-electron chi connectivity index (χ1n) is 5.54. The number of hydrogen-bond acceptors (Lipinski definition) is 2. The monoisotopic (exact) mass is 252 g/mol. The number of carboxylic acid groups (broad SMARTS) is 1. The molecule has 18 heavy (non-hydrogen) atoms. The second-order valence-corrected chi connectivity index (χ2v) is 4.81. The third kappa shape index (κ3) is 10.5. The average molecular weight is 252 g/mol. The van der Waals surface area contributed by atoms with Crippen molar-refractivity contribution in [2.45, 2.75) is 32.7 Å². The van der Waals surface area contributed by atoms with Crippen molar-refractivity contribution in [1.29, 1.82) is 0 Å². The van der Waals surface area contributed by atoms with Crippen molar-refractivity contribution >= 4 is 12.0 Å². The molecule has 0 saturated heterocycles. The van der Waals surface area contributed by atoms with Crippen molar-refractivity contribution in [3.05, 3.63) is 35.9 Å². The molecule has 0 bridgehead atoms. The highest BCUT2D eigenvalue weighted by Crippen LogP contribution is 1.97. The van der Waals surface area contributed by atoms with E-state index in [4.69, 9.17) is 10.8 Å². The van der Waals surface area contributed by atoms with Gasteiger partial charge >= 0.3 is 6.09 Å². The van der Waals surface area contributed by atoms with Crippen LogP contribution in [0.5, 0.6) is 0 Å². The number of carbonyl (C=O) groups is 2. The van der Waals surface area contributed by atoms with E-state index in [1.807, 2.05) is 30.3 Å². The zero-order chi connectivity index (χ0) is 14.2. The Balaban J connectivity index is 0.000000331. The Labute approximate surface area is 107 Å². The molecule has 4 N–H and O–H groups in total. The van der Waals surface area contributed by atoms with E-state index in [-0.39, 0.29) is 11.4 Å². The van der Waals surface area contributed by atoms with Crippen LogP contribution in [0.4, 0.5) is 4.79 Å². The lowest BCUT2D eigenvalue weighted by Gasteiger charge is -2.16. The van der Waals surface area contributed by atoms with Crippen LogP contribution in [0.2, 0.25) is 0 Å². The molecule has 1 aromatic carbocycles. The number of nitrogens with two attached hydrogens (primary N) is 1. The summed E-state index contributed by atoms with van der Waals surface area (Å²) in [7, 11) is 0. The molecule has 0 heterocycles. The molecule has 5 nitrogen and oxygen atoms in total. The fourth-order valence-electron chi connectivity index (χ4n) is 1.12. The predicted molar refractivity (Wildman–Crippen MR) is 70.3 cm³/mol. The molecule has 0 fully saturated rings. The Morgan fingerprint density at radius 2 is 1.72 bits per heavy atom. The minimum atomic E-state index is -0.975. The number of amides is 2. The first-order chi connectivity index (χ1) is 8.20. The van der Waals surface area contributed by atoms with Gasteiger partial charge in [-0.1, -0.05) is 30.3 Å². The van der Waals surface area contributed by atoms with E-state index in [2.05, 4.69) is 5.32 Å². The van der Waals surface area contributed by atoms with E-state index in [0.717, 1.165) is 5.56 Å². The van der Waals surface area contributed by atoms with Gasteiger partial charge in [-0.3, -0.25) is 4.79 Å². The second kappa shape index (κ2) is 7.32. The topological polar surface area (TPSA) is 92.4 Å². The van der Waals surface area contributed by atoms with Crippen LogP contribution in [0.25, 0.3) is 0 Å². The third-order valence-corrected chi connectivity index (χ3v) is 1.70. The first-order valence-corrected chi connectivity index (χ1v) is 5.54. The molecule has 5 heteroatoms. The predicted octanol–water partition coefficient (Wildman–Crippen LogP) is 1.77. The lowest BCUT2D eigenvalue weighted by atomic mass is 10.1. The second-order valence-electron chi connectivity index (χ2n) is 4.81. The molecule has 0 atom stereocenters. The van der Waals surface area contributed by atoms with Gasteiger partial charge in [0.05, 0.1) is 6.42 Å². The quantitative estimate of drug-likeness (QED) is 0.748. The molecule has 2 amide bonds. The molecule has 0 aromatic heterocycles. The Hall–Kier alpha value is -2.04. The van der Waals surface area contributed by atoms with Crippen molar-refractivity contribution in [1.82, 2.24) is 5.32 Å². The van der Waals surface area contributed by atoms with E-state index in [9.17, 15) is 9.59 Å². The van der Waals surface area contributed by atoms with Crippen molar-refractivity contribution < 1.29 is 14.7 Å². The molecule has 0 aliphatic rings. The zero-order valence-corrected chi connectivity index (χ0v) is 10.9. The van der Waals surface area contributed by atoms with E-state index in [0.29, 0.717) is 6.42 Å². The molecule has 1 rings (SSSR count). The van der Waals surface area contributed by atoms with Gasteiger partial charge in [-0.05, 0) is 26.3 Å². The number of hydrogen-bond donors (Lipinski definition) is 3. The van der Waals surface area contributed by atoms with E-state index >= 15 is 0 Å². The zero-order valence-electron chi connectivity index (χ0n) is 10.9. The van der Waals surface area contributed by atoms with Crippen LogP contribution in [0.3, 0.4) is 0 Å². The fraction of sp³-hybridized carbons (Fsp3) is 0.385. The van der Waals surface area contributed by atoms with Crippen LogP contribution < -0.4 is 11.1 Å². The summed E-state index contributed by atoms with van der Waals surface area (Å²) in [6.45, 7) is 5.38. The molecule has 0 unspecified atom stereocenters. The SMILES string of the molecule is CC(C)(C)NC(=O)O.NC(=O)Cc1ccccc1. The fourth-order valence-corrected chi connectivity index (χ4v) is 1.12. The molecule has 0 aliphatic heterocycles. The minimum absolute atomic E-state index is 0.286. The lowest BCUT2D eigenvalue weighted by Crippen LogP contribution is -2.39. The number of nitrogens with one attached hydrogen (secondary N) is 1. The molecule has 0 spiro atoms. The summed E-state index contributed by atoms with van der Waals surface area (Å²) < 4.78 is 0. The van der Waals surface area contributed by atoms with Crippen LogP contribution >= 0.6 is 0 Å². The maximum absolute atomic E-state index is 10.4. The van der Waals surface area contributed by atoms with Gasteiger partial charge < -0.3 is 16.2 Å². The minimum Gasteiger partial charge on any atom is -0.465 e. The molecular formula is C13H20N2O3. The molecule has 0 radical (unpaired) electrons. The van der Waals surface area contributed by atoms with E-state index < -0.39 is 6.09 Å². The Morgan fingerprint density at radius 3 is 2.00 bits per heavy atom. The summed E-state index contributed by atoms with van der Waals surface area (Å²) in [5.74, 6) is -0.286. The Kier molecular flexibility index (Phi) is 6.49. The van der Waals surface area contributed by atoms with Gasteiger partial charge in [-0.15, -0.1) is 0 Å². The first kappa shape index (κ1) is 16.0. The summed E-state index contributed by atoms with van der Waals surface area (Å²) >= 11 is 0. The normalized spacial score (nSPS) is 9.94. The van der Waals surface area contributed by atoms with Gasteiger partial charge in [0.25, 0.3) is 0 Å². The molecule has 0 saturated carbocycles. The third-order valence-electron chi connectivity index (χ3n) is 1.70. The summed E-state index contributed by atoms with van der Waals surface area (Å²) in [6, 6.07) is 9.44. The highest BCUT2D eigenvalue weighted by molar-refractivity contribution is 5.76. The summed E-state index contributed by atoms with van der Waals surface area (Å²) in [4.78, 5) is 20.3. The van der Waals surface area contributed by atoms with Crippen LogP contribution in [0.1, 0.15) is 26.3 Å². The summed E-state index contributed by atoms with van der Waals surface area (Å²) in [5, 5.41) is 10.4. The lowest BCUT2D eigenvalue weighted by molar-refractivity contribution is -0.117. The van der Waals surface area contributed by atoms with Gasteiger partial charge in [-0.25, -0.2) is 4.79 Å². The van der Waals surface area contributed by atoms with Crippen molar-refractivity contribution in [2.24, 2.45) is 5.73 Å². The Morgan fingerprint density at radius 1 is 1.22 bits per heavy atom. The van der Waals surface area contributed by atoms with E-state index in [1.54, 1.807) is 20.8 Å². The van der Waals surface area contributed by atoms with Gasteiger partial charge in [0.15, 0.2) is 0 Å². The van der Waals surface area contributed by atoms with Gasteiger partial charge in [0.2, 0.25) is 5.91 Å². The maximum Gasteiger partial charge on any atom is 0.405 e. The highest BCUT2D eigenvalue weighted by Gasteiger charge is 2.10. The van der Waals surface area contributed by atoms with Crippen molar-refractivity contribution in [3.8, 4) is 0 Å². The van der Waals surface area contributed by atoms with E-state index in [1.165, 1.54) is 0 Å². The number of primary amides is 1. The van der Waals surface area contributed by atoms with Gasteiger partial charge in [0.1, 0.15) is 0 Å². The molecule has 100 valence electrons.